The van der Waals surface area contributed by atoms with Gasteiger partial charge in [0.15, 0.2) is 0 Å². The quantitative estimate of drug-likeness (QED) is 0.349. The molecule has 2 bridgehead atoms. The van der Waals surface area contributed by atoms with Crippen molar-refractivity contribution < 1.29 is 19.1 Å². The van der Waals surface area contributed by atoms with Gasteiger partial charge in [0.2, 0.25) is 0 Å². The van der Waals surface area contributed by atoms with Gasteiger partial charge in [0.1, 0.15) is 6.10 Å². The number of hydrogen-bond acceptors (Lipinski definition) is 7. The number of nitrogens with zero attached hydrogens (tertiary/aromatic N) is 2. The summed E-state index contributed by atoms with van der Waals surface area (Å²) in [7, 11) is 1.34. The number of ether oxygens (including phenoxy) is 2. The molecule has 7 nitrogen and oxygen atoms in total. The molecular weight excluding hydrogens is 478 g/mol. The lowest BCUT2D eigenvalue weighted by Crippen LogP contribution is -2.46. The van der Waals surface area contributed by atoms with Crippen LogP contribution in [0.2, 0.25) is 0 Å². The molecule has 0 radical (unpaired) electrons. The lowest BCUT2D eigenvalue weighted by atomic mass is 9.90. The molecule has 3 aliphatic rings. The van der Waals surface area contributed by atoms with Crippen LogP contribution in [0.5, 0.6) is 0 Å². The van der Waals surface area contributed by atoms with E-state index < -0.39 is 11.9 Å². The largest absolute Gasteiger partial charge is 0.465 e. The van der Waals surface area contributed by atoms with Crippen LogP contribution in [0.1, 0.15) is 69.5 Å². The molecular formula is C31H33N3O4. The number of esters is 2. The predicted octanol–water partition coefficient (Wildman–Crippen LogP) is 5.82. The van der Waals surface area contributed by atoms with E-state index in [0.29, 0.717) is 16.8 Å². The molecule has 3 aromatic rings. The topological polar surface area (TPSA) is 85.1 Å². The Hall–Kier alpha value is -4.00. The molecule has 7 heteroatoms. The van der Waals surface area contributed by atoms with Gasteiger partial charge in [0.05, 0.1) is 24.9 Å². The fourth-order valence-corrected chi connectivity index (χ4v) is 6.17. The van der Waals surface area contributed by atoms with Gasteiger partial charge in [-0.25, -0.2) is 9.59 Å². The summed E-state index contributed by atoms with van der Waals surface area (Å²) in [4.78, 5) is 31.1. The zero-order valence-electron chi connectivity index (χ0n) is 22.0. The normalized spacial score (nSPS) is 16.5. The summed E-state index contributed by atoms with van der Waals surface area (Å²) in [6.07, 6.45) is 4.87. The molecule has 0 atom stereocenters. The highest BCUT2D eigenvalue weighted by molar-refractivity contribution is 6.07. The SMILES string of the molecule is COC(=O)c1cc(N)cc(C(=O)OC2CCCCC2)c1-c1ccc2c(c1)CN1CN2Cc2cc(C)ccc21. The Morgan fingerprint density at radius 3 is 2.16 bits per heavy atom. The third-order valence-electron chi connectivity index (χ3n) is 7.96. The molecule has 6 rings (SSSR count). The second kappa shape index (κ2) is 9.71. The first-order chi connectivity index (χ1) is 18.4. The van der Waals surface area contributed by atoms with Crippen LogP contribution in [0.3, 0.4) is 0 Å². The molecule has 0 spiro atoms. The molecule has 1 fully saturated rings. The van der Waals surface area contributed by atoms with Crippen molar-refractivity contribution in [1.29, 1.82) is 0 Å². The van der Waals surface area contributed by atoms with Crippen LogP contribution < -0.4 is 15.5 Å². The number of rotatable bonds is 4. The number of benzene rings is 3. The third kappa shape index (κ3) is 4.36. The predicted molar refractivity (Wildman–Crippen MR) is 148 cm³/mol. The van der Waals surface area contributed by atoms with Gasteiger partial charge in [-0.1, -0.05) is 30.2 Å². The molecule has 1 aliphatic carbocycles. The maximum absolute atomic E-state index is 13.5. The Bertz CT molecular complexity index is 1430. The fraction of sp³-hybridized carbons (Fsp3) is 0.355. The second-order valence-electron chi connectivity index (χ2n) is 10.7. The van der Waals surface area contributed by atoms with E-state index in [2.05, 4.69) is 47.1 Å². The van der Waals surface area contributed by atoms with Crippen LogP contribution in [0.15, 0.2) is 48.5 Å². The lowest BCUT2D eigenvalue weighted by molar-refractivity contribution is 0.0212. The third-order valence-corrected chi connectivity index (χ3v) is 7.96. The number of anilines is 3. The molecule has 0 unspecified atom stereocenters. The first-order valence-electron chi connectivity index (χ1n) is 13.4. The van der Waals surface area contributed by atoms with E-state index in [1.54, 1.807) is 12.1 Å². The number of fused-ring (bicyclic) bond motifs is 6. The molecule has 0 amide bonds. The summed E-state index contributed by atoms with van der Waals surface area (Å²) in [5, 5.41) is 0. The number of carbonyl (C=O) groups excluding carboxylic acids is 2. The van der Waals surface area contributed by atoms with Gasteiger partial charge in [-0.05, 0) is 79.6 Å². The van der Waals surface area contributed by atoms with Gasteiger partial charge in [-0.2, -0.15) is 0 Å². The molecule has 0 saturated heterocycles. The summed E-state index contributed by atoms with van der Waals surface area (Å²) in [6, 6.07) is 16.0. The summed E-state index contributed by atoms with van der Waals surface area (Å²) in [5.41, 5.74) is 14.5. The Morgan fingerprint density at radius 2 is 1.47 bits per heavy atom. The zero-order valence-corrected chi connectivity index (χ0v) is 22.0. The fourth-order valence-electron chi connectivity index (χ4n) is 6.17. The van der Waals surface area contributed by atoms with Crippen molar-refractivity contribution in [3.63, 3.8) is 0 Å². The minimum atomic E-state index is -0.537. The van der Waals surface area contributed by atoms with Crippen LogP contribution in [0.4, 0.5) is 17.1 Å². The van der Waals surface area contributed by atoms with E-state index in [1.165, 1.54) is 29.6 Å². The minimum absolute atomic E-state index is 0.112. The molecule has 2 heterocycles. The molecule has 196 valence electrons. The van der Waals surface area contributed by atoms with Crippen molar-refractivity contribution in [2.75, 3.05) is 29.3 Å². The molecule has 1 saturated carbocycles. The van der Waals surface area contributed by atoms with Gasteiger partial charge in [-0.3, -0.25) is 0 Å². The second-order valence-corrected chi connectivity index (χ2v) is 10.7. The molecule has 2 N–H and O–H groups in total. The standard InChI is InChI=1S/C31H33N3O4/c1-19-8-10-27-21(12-19)16-33-18-34(27)17-22-13-20(9-11-28(22)33)29-25(30(35)37-2)14-23(32)15-26(29)31(36)38-24-6-4-3-5-7-24/h8-15,24H,3-7,16-18,32H2,1-2H3. The molecule has 0 aromatic heterocycles. The van der Waals surface area contributed by atoms with Crippen LogP contribution >= 0.6 is 0 Å². The number of hydrogen-bond donors (Lipinski definition) is 1. The summed E-state index contributed by atoms with van der Waals surface area (Å²) < 4.78 is 11.0. The van der Waals surface area contributed by atoms with Crippen LogP contribution in [-0.4, -0.2) is 31.8 Å². The number of nitrogens with two attached hydrogens (primary N) is 1. The van der Waals surface area contributed by atoms with Crippen LogP contribution in [-0.2, 0) is 22.6 Å². The summed E-state index contributed by atoms with van der Waals surface area (Å²) in [6.45, 7) is 4.53. The highest BCUT2D eigenvalue weighted by Crippen LogP contribution is 2.41. The van der Waals surface area contributed by atoms with E-state index in [9.17, 15) is 9.59 Å². The van der Waals surface area contributed by atoms with E-state index in [0.717, 1.165) is 63.0 Å². The summed E-state index contributed by atoms with van der Waals surface area (Å²) in [5.74, 6) is -0.985. The van der Waals surface area contributed by atoms with Crippen LogP contribution in [0.25, 0.3) is 11.1 Å². The zero-order chi connectivity index (χ0) is 26.4. The number of methoxy groups -OCH3 is 1. The highest BCUT2D eigenvalue weighted by atomic mass is 16.5. The van der Waals surface area contributed by atoms with Crippen LogP contribution in [0, 0.1) is 6.92 Å². The van der Waals surface area contributed by atoms with Crippen molar-refractivity contribution in [2.45, 2.75) is 58.2 Å². The monoisotopic (exact) mass is 511 g/mol. The van der Waals surface area contributed by atoms with Crippen molar-refractivity contribution in [2.24, 2.45) is 0 Å². The number of aryl methyl sites for hydroxylation is 1. The van der Waals surface area contributed by atoms with Gasteiger partial charge in [-0.15, -0.1) is 0 Å². The van der Waals surface area contributed by atoms with Crippen molar-refractivity contribution in [3.05, 3.63) is 76.3 Å². The van der Waals surface area contributed by atoms with Gasteiger partial charge in [0.25, 0.3) is 0 Å². The smallest absolute Gasteiger partial charge is 0.339 e. The average Bonchev–Trinajstić information content (AvgIpc) is 2.92. The minimum Gasteiger partial charge on any atom is -0.465 e. The lowest BCUT2D eigenvalue weighted by Gasteiger charge is -2.45. The first-order valence-corrected chi connectivity index (χ1v) is 13.4. The van der Waals surface area contributed by atoms with Crippen molar-refractivity contribution in [3.8, 4) is 11.1 Å². The molecule has 38 heavy (non-hydrogen) atoms. The Morgan fingerprint density at radius 1 is 0.842 bits per heavy atom. The van der Waals surface area contributed by atoms with Crippen molar-refractivity contribution >= 4 is 29.0 Å². The number of carbonyl (C=O) groups is 2. The van der Waals surface area contributed by atoms with E-state index in [4.69, 9.17) is 15.2 Å². The van der Waals surface area contributed by atoms with Gasteiger partial charge >= 0.3 is 11.9 Å². The van der Waals surface area contributed by atoms with Gasteiger partial charge < -0.3 is 25.0 Å². The maximum Gasteiger partial charge on any atom is 0.339 e. The summed E-state index contributed by atoms with van der Waals surface area (Å²) >= 11 is 0. The Labute approximate surface area is 223 Å². The highest BCUT2D eigenvalue weighted by Gasteiger charge is 2.31. The Kier molecular flexibility index (Phi) is 6.22. The average molecular weight is 512 g/mol. The molecule has 3 aromatic carbocycles. The van der Waals surface area contributed by atoms with Crippen molar-refractivity contribution in [1.82, 2.24) is 0 Å². The van der Waals surface area contributed by atoms with E-state index in [1.807, 2.05) is 6.07 Å². The van der Waals surface area contributed by atoms with Gasteiger partial charge in [0, 0.05) is 35.7 Å². The van der Waals surface area contributed by atoms with E-state index in [-0.39, 0.29) is 11.7 Å². The molecule has 2 aliphatic heterocycles. The first kappa shape index (κ1) is 24.3. The van der Waals surface area contributed by atoms with E-state index >= 15 is 0 Å². The number of nitrogen functional groups attached to an aromatic ring is 1. The maximum atomic E-state index is 13.5. The Balaban J connectivity index is 1.42.